The van der Waals surface area contributed by atoms with Crippen molar-refractivity contribution in [1.82, 2.24) is 10.3 Å². The molecule has 0 spiro atoms. The highest BCUT2D eigenvalue weighted by Crippen LogP contribution is 2.33. The molecular weight excluding hydrogens is 348 g/mol. The molecule has 0 saturated carbocycles. The van der Waals surface area contributed by atoms with Crippen molar-refractivity contribution in [2.75, 3.05) is 6.54 Å². The van der Waals surface area contributed by atoms with Crippen LogP contribution in [0.25, 0.3) is 11.1 Å². The summed E-state index contributed by atoms with van der Waals surface area (Å²) in [6, 6.07) is 18.0. The summed E-state index contributed by atoms with van der Waals surface area (Å²) in [7, 11) is 0. The van der Waals surface area contributed by atoms with Crippen molar-refractivity contribution in [3.05, 3.63) is 83.2 Å². The van der Waals surface area contributed by atoms with Gasteiger partial charge in [-0.3, -0.25) is 9.78 Å². The van der Waals surface area contributed by atoms with E-state index in [1.54, 1.807) is 13.1 Å². The van der Waals surface area contributed by atoms with Gasteiger partial charge >= 0.3 is 0 Å². The summed E-state index contributed by atoms with van der Waals surface area (Å²) in [4.78, 5) is 16.3. The molecule has 2 heterocycles. The van der Waals surface area contributed by atoms with E-state index in [-0.39, 0.29) is 5.78 Å². The first kappa shape index (κ1) is 18.4. The van der Waals surface area contributed by atoms with Gasteiger partial charge in [0.15, 0.2) is 5.78 Å². The zero-order valence-electron chi connectivity index (χ0n) is 16.1. The molecule has 3 aromatic rings. The molecule has 1 aliphatic rings. The topological polar surface area (TPSA) is 51.2 Å². The largest absolute Gasteiger partial charge is 0.487 e. The second-order valence-corrected chi connectivity index (χ2v) is 7.14. The van der Waals surface area contributed by atoms with Crippen molar-refractivity contribution in [3.63, 3.8) is 0 Å². The van der Waals surface area contributed by atoms with E-state index in [0.29, 0.717) is 12.2 Å². The predicted molar refractivity (Wildman–Crippen MR) is 110 cm³/mol. The molecule has 0 fully saturated rings. The maximum absolute atomic E-state index is 11.9. The highest BCUT2D eigenvalue weighted by Gasteiger charge is 2.14. The van der Waals surface area contributed by atoms with Crippen LogP contribution in [-0.4, -0.2) is 17.3 Å². The molecule has 0 amide bonds. The first-order chi connectivity index (χ1) is 13.7. The average Bonchev–Trinajstić information content (AvgIpc) is 2.97. The Hall–Kier alpha value is -2.98. The fraction of sp³-hybridized carbons (Fsp3) is 0.250. The Balaban J connectivity index is 1.70. The van der Waals surface area contributed by atoms with E-state index in [4.69, 9.17) is 4.74 Å². The van der Waals surface area contributed by atoms with E-state index in [9.17, 15) is 4.79 Å². The molecule has 4 nitrogen and oxygen atoms in total. The Morgan fingerprint density at radius 2 is 2.04 bits per heavy atom. The number of hydrogen-bond acceptors (Lipinski definition) is 4. The fourth-order valence-corrected chi connectivity index (χ4v) is 3.56. The van der Waals surface area contributed by atoms with Crippen molar-refractivity contribution in [1.29, 1.82) is 0 Å². The maximum Gasteiger partial charge on any atom is 0.159 e. The molecule has 0 saturated heterocycles. The van der Waals surface area contributed by atoms with Gasteiger partial charge in [-0.25, -0.2) is 0 Å². The fourth-order valence-electron chi connectivity index (χ4n) is 3.56. The molecule has 1 N–H and O–H groups in total. The van der Waals surface area contributed by atoms with Gasteiger partial charge in [0.1, 0.15) is 12.4 Å². The molecule has 1 aliphatic heterocycles. The molecule has 4 heteroatoms. The molecule has 0 unspecified atom stereocenters. The van der Waals surface area contributed by atoms with Crippen LogP contribution in [0.2, 0.25) is 0 Å². The van der Waals surface area contributed by atoms with Crippen molar-refractivity contribution in [3.8, 4) is 16.9 Å². The lowest BCUT2D eigenvalue weighted by molar-refractivity contribution is 0.101. The third kappa shape index (κ3) is 4.12. The standard InChI is InChI=1S/C24H24N2O2/c1-17(27)18-9-10-24(28-16-22-6-2-3-12-26-22)23(14-18)20-7-8-21-15-25-11-4-5-19(21)13-20/h2-3,6-10,12-14,25H,4-5,11,15-16H2,1H3. The maximum atomic E-state index is 11.9. The highest BCUT2D eigenvalue weighted by molar-refractivity contribution is 5.96. The van der Waals surface area contributed by atoms with Gasteiger partial charge in [0.2, 0.25) is 0 Å². The van der Waals surface area contributed by atoms with Crippen LogP contribution in [0.5, 0.6) is 5.75 Å². The van der Waals surface area contributed by atoms with Crippen molar-refractivity contribution in [2.24, 2.45) is 0 Å². The first-order valence-electron chi connectivity index (χ1n) is 9.71. The van der Waals surface area contributed by atoms with Crippen LogP contribution in [0.15, 0.2) is 60.8 Å². The van der Waals surface area contributed by atoms with Crippen LogP contribution in [0.1, 0.15) is 40.5 Å². The summed E-state index contributed by atoms with van der Waals surface area (Å²) in [5.41, 5.74) is 6.31. The number of benzene rings is 2. The lowest BCUT2D eigenvalue weighted by Crippen LogP contribution is -2.11. The van der Waals surface area contributed by atoms with Crippen molar-refractivity contribution in [2.45, 2.75) is 32.9 Å². The minimum Gasteiger partial charge on any atom is -0.487 e. The number of ether oxygens (including phenoxy) is 1. The summed E-state index contributed by atoms with van der Waals surface area (Å²) in [5, 5.41) is 3.46. The summed E-state index contributed by atoms with van der Waals surface area (Å²) in [6.45, 7) is 3.94. The van der Waals surface area contributed by atoms with Crippen molar-refractivity contribution >= 4 is 5.78 Å². The molecule has 0 radical (unpaired) electrons. The Labute approximate surface area is 165 Å². The minimum atomic E-state index is 0.0523. The zero-order valence-corrected chi connectivity index (χ0v) is 16.1. The number of aromatic nitrogens is 1. The van der Waals surface area contributed by atoms with E-state index >= 15 is 0 Å². The Bertz CT molecular complexity index is 983. The number of ketones is 1. The number of Topliss-reactive ketones (excluding diaryl/α,β-unsaturated/α-hetero) is 1. The normalized spacial score (nSPS) is 13.5. The van der Waals surface area contributed by atoms with Crippen LogP contribution in [0.3, 0.4) is 0 Å². The van der Waals surface area contributed by atoms with E-state index in [1.807, 2.05) is 36.4 Å². The number of carbonyl (C=O) groups is 1. The van der Waals surface area contributed by atoms with Crippen LogP contribution in [0, 0.1) is 0 Å². The van der Waals surface area contributed by atoms with E-state index < -0.39 is 0 Å². The number of carbonyl (C=O) groups excluding carboxylic acids is 1. The van der Waals surface area contributed by atoms with Gasteiger partial charge in [-0.05, 0) is 73.3 Å². The third-order valence-corrected chi connectivity index (χ3v) is 5.12. The summed E-state index contributed by atoms with van der Waals surface area (Å²) in [6.07, 6.45) is 3.96. The number of aryl methyl sites for hydroxylation is 1. The number of nitrogens with one attached hydrogen (secondary N) is 1. The molecular formula is C24H24N2O2. The number of hydrogen-bond donors (Lipinski definition) is 1. The van der Waals surface area contributed by atoms with Gasteiger partial charge in [0.25, 0.3) is 0 Å². The Morgan fingerprint density at radius 3 is 2.86 bits per heavy atom. The summed E-state index contributed by atoms with van der Waals surface area (Å²) in [5.74, 6) is 0.818. The van der Waals surface area contributed by atoms with Crippen LogP contribution in [-0.2, 0) is 19.6 Å². The van der Waals surface area contributed by atoms with Gasteiger partial charge in [0, 0.05) is 23.9 Å². The lowest BCUT2D eigenvalue weighted by atomic mass is 9.95. The van der Waals surface area contributed by atoms with Crippen LogP contribution >= 0.6 is 0 Å². The third-order valence-electron chi connectivity index (χ3n) is 5.12. The molecule has 28 heavy (non-hydrogen) atoms. The first-order valence-corrected chi connectivity index (χ1v) is 9.71. The zero-order chi connectivity index (χ0) is 19.3. The molecule has 0 atom stereocenters. The van der Waals surface area contributed by atoms with E-state index in [0.717, 1.165) is 48.5 Å². The summed E-state index contributed by atoms with van der Waals surface area (Å²) >= 11 is 0. The lowest BCUT2D eigenvalue weighted by Gasteiger charge is -2.15. The smallest absolute Gasteiger partial charge is 0.159 e. The van der Waals surface area contributed by atoms with Gasteiger partial charge < -0.3 is 10.1 Å². The Morgan fingerprint density at radius 1 is 1.11 bits per heavy atom. The Kier molecular flexibility index (Phi) is 5.49. The quantitative estimate of drug-likeness (QED) is 0.667. The van der Waals surface area contributed by atoms with Crippen LogP contribution < -0.4 is 10.1 Å². The van der Waals surface area contributed by atoms with Crippen LogP contribution in [0.4, 0.5) is 0 Å². The molecule has 0 aliphatic carbocycles. The number of pyridine rings is 1. The summed E-state index contributed by atoms with van der Waals surface area (Å²) < 4.78 is 6.09. The number of nitrogens with zero attached hydrogens (tertiary/aromatic N) is 1. The second-order valence-electron chi connectivity index (χ2n) is 7.14. The van der Waals surface area contributed by atoms with Gasteiger partial charge in [-0.1, -0.05) is 24.3 Å². The second kappa shape index (κ2) is 8.36. The minimum absolute atomic E-state index is 0.0523. The molecule has 2 aromatic carbocycles. The highest BCUT2D eigenvalue weighted by atomic mass is 16.5. The molecule has 1 aromatic heterocycles. The average molecular weight is 372 g/mol. The molecule has 142 valence electrons. The van der Waals surface area contributed by atoms with E-state index in [2.05, 4.69) is 28.5 Å². The van der Waals surface area contributed by atoms with Crippen molar-refractivity contribution < 1.29 is 9.53 Å². The van der Waals surface area contributed by atoms with Gasteiger partial charge in [0.05, 0.1) is 5.69 Å². The monoisotopic (exact) mass is 372 g/mol. The number of rotatable bonds is 5. The predicted octanol–water partition coefficient (Wildman–Crippen LogP) is 4.57. The molecule has 0 bridgehead atoms. The van der Waals surface area contributed by atoms with E-state index in [1.165, 1.54) is 11.1 Å². The van der Waals surface area contributed by atoms with Gasteiger partial charge in [-0.15, -0.1) is 0 Å². The van der Waals surface area contributed by atoms with Gasteiger partial charge in [-0.2, -0.15) is 0 Å². The number of fused-ring (bicyclic) bond motifs is 1. The molecule has 4 rings (SSSR count). The SMILES string of the molecule is CC(=O)c1ccc(OCc2ccccn2)c(-c2ccc3c(c2)CCCNC3)c1.